The zero-order valence-corrected chi connectivity index (χ0v) is 20.4. The Morgan fingerprint density at radius 1 is 1.21 bits per heavy atom. The second kappa shape index (κ2) is 9.24. The SMILES string of the molecule is C=C(C)c1nn(C2CCC(C(C)C)CC2)cc1NC(=O)c1cnn2ccc(NCC3CC3)nc12. The van der Waals surface area contributed by atoms with E-state index in [0.717, 1.165) is 54.2 Å². The van der Waals surface area contributed by atoms with Gasteiger partial charge < -0.3 is 10.6 Å². The third-order valence-corrected chi connectivity index (χ3v) is 7.33. The van der Waals surface area contributed by atoms with Crippen LogP contribution in [0.3, 0.4) is 0 Å². The quantitative estimate of drug-likeness (QED) is 0.467. The molecule has 0 spiro atoms. The fourth-order valence-corrected chi connectivity index (χ4v) is 4.91. The van der Waals surface area contributed by atoms with Gasteiger partial charge in [-0.3, -0.25) is 9.48 Å². The van der Waals surface area contributed by atoms with Crippen LogP contribution in [0, 0.1) is 17.8 Å². The molecule has 3 aromatic rings. The minimum atomic E-state index is -0.243. The molecule has 180 valence electrons. The first-order valence-electron chi connectivity index (χ1n) is 12.5. The lowest BCUT2D eigenvalue weighted by atomic mass is 9.80. The van der Waals surface area contributed by atoms with Crippen LogP contribution in [0.4, 0.5) is 11.5 Å². The van der Waals surface area contributed by atoms with Crippen LogP contribution in [-0.4, -0.2) is 36.8 Å². The second-order valence-electron chi connectivity index (χ2n) is 10.4. The molecule has 0 aliphatic heterocycles. The predicted molar refractivity (Wildman–Crippen MR) is 135 cm³/mol. The minimum absolute atomic E-state index is 0.243. The maximum absolute atomic E-state index is 13.3. The number of hydrogen-bond acceptors (Lipinski definition) is 5. The number of hydrogen-bond donors (Lipinski definition) is 2. The summed E-state index contributed by atoms with van der Waals surface area (Å²) in [4.78, 5) is 17.9. The molecule has 0 atom stereocenters. The van der Waals surface area contributed by atoms with Crippen molar-refractivity contribution in [1.82, 2.24) is 24.4 Å². The predicted octanol–water partition coefficient (Wildman–Crippen LogP) is 5.42. The molecule has 0 saturated heterocycles. The molecule has 1 amide bonds. The van der Waals surface area contributed by atoms with Gasteiger partial charge in [0.15, 0.2) is 5.65 Å². The van der Waals surface area contributed by atoms with Crippen LogP contribution in [0.5, 0.6) is 0 Å². The summed E-state index contributed by atoms with van der Waals surface area (Å²) in [5.74, 6) is 2.78. The molecule has 2 aliphatic carbocycles. The molecule has 0 unspecified atom stereocenters. The maximum Gasteiger partial charge on any atom is 0.261 e. The van der Waals surface area contributed by atoms with Gasteiger partial charge in [-0.2, -0.15) is 10.2 Å². The Balaban J connectivity index is 1.34. The maximum atomic E-state index is 13.3. The summed E-state index contributed by atoms with van der Waals surface area (Å²) in [6.07, 6.45) is 12.6. The molecular formula is C26H35N7O. The summed E-state index contributed by atoms with van der Waals surface area (Å²) in [5, 5.41) is 15.6. The number of fused-ring (bicyclic) bond motifs is 1. The number of aromatic nitrogens is 5. The standard InChI is InChI=1S/C26H35N7O/c1-16(2)19-7-9-20(10-8-19)33-15-22(24(31-33)17(3)4)29-26(34)21-14-28-32-12-11-23(30-25(21)32)27-13-18-5-6-18/h11-12,14-16,18-20H,3,5-10,13H2,1-2,4H3,(H,27,30)(H,29,34). The van der Waals surface area contributed by atoms with Crippen LogP contribution in [-0.2, 0) is 0 Å². The number of nitrogens with zero attached hydrogens (tertiary/aromatic N) is 5. The molecule has 8 heteroatoms. The zero-order valence-electron chi connectivity index (χ0n) is 20.4. The Labute approximate surface area is 200 Å². The third-order valence-electron chi connectivity index (χ3n) is 7.33. The summed E-state index contributed by atoms with van der Waals surface area (Å²) >= 11 is 0. The lowest BCUT2D eigenvalue weighted by Gasteiger charge is -2.30. The molecule has 3 aromatic heterocycles. The largest absolute Gasteiger partial charge is 0.370 e. The van der Waals surface area contributed by atoms with E-state index in [1.54, 1.807) is 10.7 Å². The number of nitrogens with one attached hydrogen (secondary N) is 2. The first-order valence-corrected chi connectivity index (χ1v) is 12.5. The van der Waals surface area contributed by atoms with Crippen molar-refractivity contribution in [2.24, 2.45) is 17.8 Å². The summed E-state index contributed by atoms with van der Waals surface area (Å²) in [6, 6.07) is 2.25. The Hall–Kier alpha value is -3.16. The Morgan fingerprint density at radius 2 is 1.97 bits per heavy atom. The molecule has 0 aromatic carbocycles. The van der Waals surface area contributed by atoms with E-state index in [-0.39, 0.29) is 5.91 Å². The van der Waals surface area contributed by atoms with Crippen molar-refractivity contribution in [2.75, 3.05) is 17.2 Å². The number of amides is 1. The van der Waals surface area contributed by atoms with Crippen LogP contribution in [0.25, 0.3) is 11.2 Å². The summed E-state index contributed by atoms with van der Waals surface area (Å²) in [7, 11) is 0. The molecule has 0 radical (unpaired) electrons. The third kappa shape index (κ3) is 4.72. The molecule has 3 heterocycles. The topological polar surface area (TPSA) is 89.1 Å². The van der Waals surface area contributed by atoms with Gasteiger partial charge in [-0.05, 0) is 74.8 Å². The highest BCUT2D eigenvalue weighted by molar-refractivity contribution is 6.09. The van der Waals surface area contributed by atoms with Crippen LogP contribution in [0.15, 0.2) is 31.2 Å². The van der Waals surface area contributed by atoms with Crippen molar-refractivity contribution in [3.8, 4) is 0 Å². The van der Waals surface area contributed by atoms with E-state index in [9.17, 15) is 4.79 Å². The molecule has 2 fully saturated rings. The zero-order chi connectivity index (χ0) is 23.8. The van der Waals surface area contributed by atoms with Gasteiger partial charge in [0.05, 0.1) is 17.9 Å². The number of carbonyl (C=O) groups is 1. The summed E-state index contributed by atoms with van der Waals surface area (Å²) in [6.45, 7) is 11.6. The number of anilines is 2. The van der Waals surface area contributed by atoms with Crippen LogP contribution < -0.4 is 10.6 Å². The van der Waals surface area contributed by atoms with E-state index in [2.05, 4.69) is 41.1 Å². The van der Waals surface area contributed by atoms with Crippen LogP contribution in [0.1, 0.15) is 81.4 Å². The Bertz CT molecular complexity index is 1200. The number of carbonyl (C=O) groups excluding carboxylic acids is 1. The van der Waals surface area contributed by atoms with Gasteiger partial charge in [0.25, 0.3) is 5.91 Å². The second-order valence-corrected chi connectivity index (χ2v) is 10.4. The van der Waals surface area contributed by atoms with Gasteiger partial charge in [0, 0.05) is 18.9 Å². The van der Waals surface area contributed by atoms with Crippen molar-refractivity contribution in [1.29, 1.82) is 0 Å². The van der Waals surface area contributed by atoms with Crippen molar-refractivity contribution in [3.63, 3.8) is 0 Å². The van der Waals surface area contributed by atoms with Gasteiger partial charge in [0.2, 0.25) is 0 Å². The summed E-state index contributed by atoms with van der Waals surface area (Å²) < 4.78 is 3.66. The van der Waals surface area contributed by atoms with E-state index >= 15 is 0 Å². The molecular weight excluding hydrogens is 426 g/mol. The highest BCUT2D eigenvalue weighted by Crippen LogP contribution is 2.37. The fourth-order valence-electron chi connectivity index (χ4n) is 4.91. The number of rotatable bonds is 8. The van der Waals surface area contributed by atoms with Crippen molar-refractivity contribution >= 4 is 28.6 Å². The highest BCUT2D eigenvalue weighted by atomic mass is 16.1. The molecule has 2 saturated carbocycles. The minimum Gasteiger partial charge on any atom is -0.370 e. The summed E-state index contributed by atoms with van der Waals surface area (Å²) in [5.41, 5.74) is 3.22. The normalized spacial score (nSPS) is 20.6. The van der Waals surface area contributed by atoms with E-state index in [1.807, 2.05) is 30.1 Å². The average molecular weight is 462 g/mol. The first-order chi connectivity index (χ1) is 16.4. The molecule has 0 bridgehead atoms. The smallest absolute Gasteiger partial charge is 0.261 e. The lowest BCUT2D eigenvalue weighted by molar-refractivity contribution is 0.102. The van der Waals surface area contributed by atoms with Crippen molar-refractivity contribution in [3.05, 3.63) is 42.5 Å². The van der Waals surface area contributed by atoms with Gasteiger partial charge in [-0.15, -0.1) is 0 Å². The van der Waals surface area contributed by atoms with Gasteiger partial charge in [-0.25, -0.2) is 9.50 Å². The lowest BCUT2D eigenvalue weighted by Crippen LogP contribution is -2.21. The van der Waals surface area contributed by atoms with Crippen molar-refractivity contribution < 1.29 is 4.79 Å². The molecule has 34 heavy (non-hydrogen) atoms. The first kappa shape index (κ1) is 22.6. The van der Waals surface area contributed by atoms with Gasteiger partial charge in [-0.1, -0.05) is 20.4 Å². The number of allylic oxidation sites excluding steroid dienone is 1. The van der Waals surface area contributed by atoms with Crippen LogP contribution in [0.2, 0.25) is 0 Å². The molecule has 8 nitrogen and oxygen atoms in total. The van der Waals surface area contributed by atoms with E-state index in [1.165, 1.54) is 25.7 Å². The Kier molecular flexibility index (Phi) is 6.15. The monoisotopic (exact) mass is 461 g/mol. The van der Waals surface area contributed by atoms with Gasteiger partial charge >= 0.3 is 0 Å². The average Bonchev–Trinajstić information content (AvgIpc) is 3.40. The molecule has 2 aliphatic rings. The molecule has 5 rings (SSSR count). The van der Waals surface area contributed by atoms with E-state index in [0.29, 0.717) is 22.9 Å². The molecule has 2 N–H and O–H groups in total. The van der Waals surface area contributed by atoms with Crippen LogP contribution >= 0.6 is 0 Å². The Morgan fingerprint density at radius 3 is 2.65 bits per heavy atom. The fraction of sp³-hybridized carbons (Fsp3) is 0.538. The van der Waals surface area contributed by atoms with E-state index < -0.39 is 0 Å². The van der Waals surface area contributed by atoms with E-state index in [4.69, 9.17) is 5.10 Å². The highest BCUT2D eigenvalue weighted by Gasteiger charge is 2.26. The van der Waals surface area contributed by atoms with Crippen molar-refractivity contribution in [2.45, 2.75) is 65.3 Å². The van der Waals surface area contributed by atoms with Gasteiger partial charge in [0.1, 0.15) is 17.1 Å².